The van der Waals surface area contributed by atoms with Crippen molar-refractivity contribution in [2.75, 3.05) is 7.11 Å². The minimum Gasteiger partial charge on any atom is -0.497 e. The molecular formula is C11H13NO3. The monoisotopic (exact) mass is 207 g/mol. The summed E-state index contributed by atoms with van der Waals surface area (Å²) in [4.78, 5) is 10.4. The molecule has 0 fully saturated rings. The molecule has 0 aliphatic carbocycles. The lowest BCUT2D eigenvalue weighted by atomic mass is 10.1. The fourth-order valence-corrected chi connectivity index (χ4v) is 1.25. The van der Waals surface area contributed by atoms with E-state index in [2.05, 4.69) is 0 Å². The second kappa shape index (κ2) is 5.14. The van der Waals surface area contributed by atoms with Crippen molar-refractivity contribution < 1.29 is 9.66 Å². The van der Waals surface area contributed by atoms with Gasteiger partial charge in [0.15, 0.2) is 0 Å². The summed E-state index contributed by atoms with van der Waals surface area (Å²) in [6.07, 6.45) is 2.24. The van der Waals surface area contributed by atoms with Gasteiger partial charge in [-0.2, -0.15) is 0 Å². The Balaban J connectivity index is 3.02. The van der Waals surface area contributed by atoms with Crippen LogP contribution in [-0.2, 0) is 0 Å². The number of hydrogen-bond acceptors (Lipinski definition) is 3. The van der Waals surface area contributed by atoms with Crippen LogP contribution in [-0.4, -0.2) is 12.0 Å². The Morgan fingerprint density at radius 1 is 1.47 bits per heavy atom. The summed E-state index contributed by atoms with van der Waals surface area (Å²) in [5.41, 5.74) is 0.739. The number of allylic oxidation sites excluding steroid dienone is 1. The molecule has 1 aromatic carbocycles. The zero-order valence-corrected chi connectivity index (χ0v) is 8.77. The van der Waals surface area contributed by atoms with Gasteiger partial charge in [0, 0.05) is 0 Å². The van der Waals surface area contributed by atoms with Crippen LogP contribution in [0.15, 0.2) is 30.3 Å². The number of rotatable bonds is 4. The Hall–Kier alpha value is -1.84. The van der Waals surface area contributed by atoms with Gasteiger partial charge in [0.1, 0.15) is 5.75 Å². The largest absolute Gasteiger partial charge is 0.497 e. The highest BCUT2D eigenvalue weighted by Crippen LogP contribution is 2.19. The second-order valence-electron chi connectivity index (χ2n) is 2.98. The van der Waals surface area contributed by atoms with Gasteiger partial charge in [0.05, 0.1) is 17.6 Å². The van der Waals surface area contributed by atoms with Crippen LogP contribution in [0.3, 0.4) is 0 Å². The van der Waals surface area contributed by atoms with Crippen LogP contribution in [0.2, 0.25) is 0 Å². The standard InChI is InChI=1S/C11H13NO3/c1-3-4-11(12(13)14)9-5-7-10(15-2)8-6-9/h4-8H,3H2,1-2H3/b11-4+. The summed E-state index contributed by atoms with van der Waals surface area (Å²) in [5.74, 6) is 0.693. The van der Waals surface area contributed by atoms with Crippen LogP contribution in [0.5, 0.6) is 5.75 Å². The third-order valence-corrected chi connectivity index (χ3v) is 1.98. The van der Waals surface area contributed by atoms with Gasteiger partial charge in [-0.05, 0) is 36.8 Å². The van der Waals surface area contributed by atoms with Crippen LogP contribution in [0, 0.1) is 10.1 Å². The summed E-state index contributed by atoms with van der Waals surface area (Å²) >= 11 is 0. The number of nitro groups is 1. The maximum Gasteiger partial charge on any atom is 0.272 e. The quantitative estimate of drug-likeness (QED) is 0.563. The van der Waals surface area contributed by atoms with Crippen molar-refractivity contribution in [2.45, 2.75) is 13.3 Å². The van der Waals surface area contributed by atoms with Crippen molar-refractivity contribution in [3.8, 4) is 5.75 Å². The van der Waals surface area contributed by atoms with Gasteiger partial charge in [0.2, 0.25) is 0 Å². The molecule has 4 nitrogen and oxygen atoms in total. The van der Waals surface area contributed by atoms with Crippen LogP contribution in [0.25, 0.3) is 5.70 Å². The summed E-state index contributed by atoms with van der Waals surface area (Å²) in [5, 5.41) is 10.8. The third-order valence-electron chi connectivity index (χ3n) is 1.98. The Kier molecular flexibility index (Phi) is 3.85. The van der Waals surface area contributed by atoms with Gasteiger partial charge in [0.25, 0.3) is 5.70 Å². The highest BCUT2D eigenvalue weighted by atomic mass is 16.6. The summed E-state index contributed by atoms with van der Waals surface area (Å²) in [6, 6.07) is 6.79. The van der Waals surface area contributed by atoms with Crippen molar-refractivity contribution >= 4 is 5.70 Å². The maximum atomic E-state index is 10.8. The molecule has 0 saturated heterocycles. The molecule has 0 amide bonds. The molecule has 0 aliphatic rings. The molecule has 0 bridgehead atoms. The molecule has 0 saturated carbocycles. The average molecular weight is 207 g/mol. The molecule has 0 spiro atoms. The van der Waals surface area contributed by atoms with E-state index >= 15 is 0 Å². The molecular weight excluding hydrogens is 194 g/mol. The Bertz CT molecular complexity index is 368. The molecule has 4 heteroatoms. The minimum absolute atomic E-state index is 0.139. The molecule has 15 heavy (non-hydrogen) atoms. The van der Waals surface area contributed by atoms with E-state index in [9.17, 15) is 10.1 Å². The summed E-state index contributed by atoms with van der Waals surface area (Å²) < 4.78 is 4.98. The molecule has 80 valence electrons. The predicted octanol–water partition coefficient (Wildman–Crippen LogP) is 2.72. The van der Waals surface area contributed by atoms with Crippen molar-refractivity contribution in [1.29, 1.82) is 0 Å². The van der Waals surface area contributed by atoms with E-state index in [1.807, 2.05) is 6.92 Å². The number of hydrogen-bond donors (Lipinski definition) is 0. The zero-order valence-electron chi connectivity index (χ0n) is 8.77. The van der Waals surface area contributed by atoms with Crippen molar-refractivity contribution in [2.24, 2.45) is 0 Å². The molecule has 0 unspecified atom stereocenters. The third kappa shape index (κ3) is 2.80. The zero-order chi connectivity index (χ0) is 11.3. The van der Waals surface area contributed by atoms with Crippen LogP contribution in [0.1, 0.15) is 18.9 Å². The molecule has 1 aromatic rings. The maximum absolute atomic E-state index is 10.8. The highest BCUT2D eigenvalue weighted by Gasteiger charge is 2.12. The Labute approximate surface area is 88.3 Å². The second-order valence-corrected chi connectivity index (χ2v) is 2.98. The Morgan fingerprint density at radius 3 is 2.47 bits per heavy atom. The number of ether oxygens (including phenoxy) is 1. The fraction of sp³-hybridized carbons (Fsp3) is 0.273. The lowest BCUT2D eigenvalue weighted by Crippen LogP contribution is -1.97. The van der Waals surface area contributed by atoms with Gasteiger partial charge in [-0.15, -0.1) is 0 Å². The summed E-state index contributed by atoms with van der Waals surface area (Å²) in [6.45, 7) is 1.87. The van der Waals surface area contributed by atoms with Gasteiger partial charge >= 0.3 is 0 Å². The van der Waals surface area contributed by atoms with Crippen molar-refractivity contribution in [3.05, 3.63) is 46.0 Å². The highest BCUT2D eigenvalue weighted by molar-refractivity contribution is 5.59. The molecule has 0 aliphatic heterocycles. The SMILES string of the molecule is CC/C=C(\c1ccc(OC)cc1)[N+](=O)[O-]. The van der Waals surface area contributed by atoms with E-state index in [-0.39, 0.29) is 10.6 Å². The molecule has 0 N–H and O–H groups in total. The van der Waals surface area contributed by atoms with Crippen LogP contribution >= 0.6 is 0 Å². The van der Waals surface area contributed by atoms with E-state index in [1.54, 1.807) is 37.5 Å². The number of nitrogens with zero attached hydrogens (tertiary/aromatic N) is 1. The summed E-state index contributed by atoms with van der Waals surface area (Å²) in [7, 11) is 1.56. The molecule has 1 rings (SSSR count). The molecule has 0 atom stereocenters. The van der Waals surface area contributed by atoms with E-state index in [0.717, 1.165) is 0 Å². The average Bonchev–Trinajstić information content (AvgIpc) is 2.26. The van der Waals surface area contributed by atoms with E-state index in [1.165, 1.54) is 0 Å². The van der Waals surface area contributed by atoms with Crippen LogP contribution < -0.4 is 4.74 Å². The van der Waals surface area contributed by atoms with E-state index < -0.39 is 0 Å². The first-order chi connectivity index (χ1) is 7.19. The first-order valence-corrected chi connectivity index (χ1v) is 4.68. The van der Waals surface area contributed by atoms with Gasteiger partial charge in [-0.25, -0.2) is 0 Å². The minimum atomic E-state index is -0.370. The van der Waals surface area contributed by atoms with E-state index in [4.69, 9.17) is 4.74 Å². The first-order valence-electron chi connectivity index (χ1n) is 4.68. The molecule has 0 aromatic heterocycles. The fourth-order valence-electron chi connectivity index (χ4n) is 1.25. The Morgan fingerprint density at radius 2 is 2.07 bits per heavy atom. The smallest absolute Gasteiger partial charge is 0.272 e. The van der Waals surface area contributed by atoms with Crippen molar-refractivity contribution in [3.63, 3.8) is 0 Å². The first kappa shape index (κ1) is 11.2. The van der Waals surface area contributed by atoms with E-state index in [0.29, 0.717) is 17.7 Å². The van der Waals surface area contributed by atoms with Gasteiger partial charge < -0.3 is 4.74 Å². The van der Waals surface area contributed by atoms with Crippen molar-refractivity contribution in [1.82, 2.24) is 0 Å². The lowest BCUT2D eigenvalue weighted by molar-refractivity contribution is -0.375. The normalized spacial score (nSPS) is 11.2. The topological polar surface area (TPSA) is 52.4 Å². The van der Waals surface area contributed by atoms with Gasteiger partial charge in [-0.3, -0.25) is 10.1 Å². The number of methoxy groups -OCH3 is 1. The molecule has 0 heterocycles. The van der Waals surface area contributed by atoms with Crippen LogP contribution in [0.4, 0.5) is 0 Å². The number of benzene rings is 1. The molecule has 0 radical (unpaired) electrons. The van der Waals surface area contributed by atoms with Gasteiger partial charge in [-0.1, -0.05) is 6.92 Å². The lowest BCUT2D eigenvalue weighted by Gasteiger charge is -2.01. The predicted molar refractivity (Wildman–Crippen MR) is 58.3 cm³/mol.